The Labute approximate surface area is 153 Å². The largest absolute Gasteiger partial charge is 0.330 e. The number of nitrogens with zero attached hydrogens (tertiary/aromatic N) is 2. The van der Waals surface area contributed by atoms with Crippen LogP contribution in [0.15, 0.2) is 50.6 Å². The lowest BCUT2D eigenvalue weighted by Gasteiger charge is -2.26. The minimum absolute atomic E-state index is 0.0118. The maximum absolute atomic E-state index is 12.6. The lowest BCUT2D eigenvalue weighted by atomic mass is 10.3. The fourth-order valence-corrected chi connectivity index (χ4v) is 2.50. The molecule has 0 spiro atoms. The second-order valence-electron chi connectivity index (χ2n) is 5.96. The second-order valence-corrected chi connectivity index (χ2v) is 5.96. The predicted molar refractivity (Wildman–Crippen MR) is 104 cm³/mol. The fraction of sp³-hybridized carbons (Fsp3) is 0.500. The Morgan fingerprint density at radius 2 is 1.16 bits per heavy atom. The van der Waals surface area contributed by atoms with Crippen molar-refractivity contribution in [2.75, 3.05) is 45.8 Å². The van der Waals surface area contributed by atoms with Crippen molar-refractivity contribution in [3.05, 3.63) is 50.6 Å². The zero-order valence-corrected chi connectivity index (χ0v) is 15.7. The van der Waals surface area contributed by atoms with Gasteiger partial charge in [-0.3, -0.25) is 9.59 Å². The number of carbonyl (C=O) groups excluding carboxylic acids is 2. The van der Waals surface area contributed by atoms with Gasteiger partial charge >= 0.3 is 0 Å². The molecule has 0 aromatic rings. The minimum Gasteiger partial charge on any atom is -0.330 e. The van der Waals surface area contributed by atoms with Gasteiger partial charge in [-0.05, 0) is 6.42 Å². The summed E-state index contributed by atoms with van der Waals surface area (Å²) in [5.74, 6) is 0.0235. The van der Waals surface area contributed by atoms with Crippen molar-refractivity contribution < 1.29 is 14.5 Å². The van der Waals surface area contributed by atoms with Gasteiger partial charge in [0.1, 0.15) is 0 Å². The summed E-state index contributed by atoms with van der Waals surface area (Å²) in [5, 5.41) is 0. The van der Waals surface area contributed by atoms with Gasteiger partial charge in [0.2, 0.25) is 0 Å². The summed E-state index contributed by atoms with van der Waals surface area (Å²) in [7, 11) is 0. The molecule has 0 aliphatic heterocycles. The molecular formula is C20H34N3O2+. The van der Waals surface area contributed by atoms with Crippen molar-refractivity contribution >= 4 is 11.8 Å². The van der Waals surface area contributed by atoms with E-state index < -0.39 is 0 Å². The predicted octanol–water partition coefficient (Wildman–Crippen LogP) is 1.07. The molecule has 25 heavy (non-hydrogen) atoms. The van der Waals surface area contributed by atoms with Crippen LogP contribution in [0.3, 0.4) is 0 Å². The Kier molecular flexibility index (Phi) is 13.0. The van der Waals surface area contributed by atoms with Gasteiger partial charge in [0, 0.05) is 26.2 Å². The van der Waals surface area contributed by atoms with E-state index in [1.165, 1.54) is 0 Å². The Morgan fingerprint density at radius 1 is 0.800 bits per heavy atom. The van der Waals surface area contributed by atoms with Gasteiger partial charge in [0.25, 0.3) is 11.8 Å². The van der Waals surface area contributed by atoms with Crippen molar-refractivity contribution in [2.24, 2.45) is 0 Å². The van der Waals surface area contributed by atoms with E-state index in [1.807, 2.05) is 0 Å². The van der Waals surface area contributed by atoms with Crippen molar-refractivity contribution in [2.45, 2.75) is 19.8 Å². The first kappa shape index (κ1) is 22.9. The van der Waals surface area contributed by atoms with Crippen molar-refractivity contribution in [3.63, 3.8) is 0 Å². The molecule has 0 saturated carbocycles. The molecule has 0 radical (unpaired) electrons. The number of carbonyl (C=O) groups is 2. The SMILES string of the molecule is C=CCN(CC=C)C(=O)C[NH+](CCCC)CC(=O)N(CC=C)CC=C. The van der Waals surface area contributed by atoms with E-state index in [0.717, 1.165) is 24.3 Å². The smallest absolute Gasteiger partial charge is 0.278 e. The molecular weight excluding hydrogens is 314 g/mol. The van der Waals surface area contributed by atoms with Gasteiger partial charge in [-0.25, -0.2) is 0 Å². The van der Waals surface area contributed by atoms with Crippen LogP contribution in [0, 0.1) is 0 Å². The van der Waals surface area contributed by atoms with E-state index >= 15 is 0 Å². The monoisotopic (exact) mass is 348 g/mol. The lowest BCUT2D eigenvalue weighted by molar-refractivity contribution is -0.884. The average molecular weight is 349 g/mol. The van der Waals surface area contributed by atoms with E-state index in [9.17, 15) is 9.59 Å². The fourth-order valence-electron chi connectivity index (χ4n) is 2.50. The number of unbranched alkanes of at least 4 members (excludes halogenated alkanes) is 1. The van der Waals surface area contributed by atoms with Gasteiger partial charge < -0.3 is 14.7 Å². The average Bonchev–Trinajstić information content (AvgIpc) is 2.59. The van der Waals surface area contributed by atoms with E-state index in [2.05, 4.69) is 33.2 Å². The van der Waals surface area contributed by atoms with E-state index in [4.69, 9.17) is 0 Å². The molecule has 1 N–H and O–H groups in total. The molecule has 0 aromatic heterocycles. The molecule has 0 aromatic carbocycles. The normalized spacial score (nSPS) is 10.2. The molecule has 0 saturated heterocycles. The second kappa shape index (κ2) is 14.2. The van der Waals surface area contributed by atoms with Gasteiger partial charge in [-0.15, -0.1) is 26.3 Å². The standard InChI is InChI=1S/C20H33N3O2/c1-6-11-16-21(17-19(24)22(12-7-2)13-8-3)18-20(25)23(14-9-4)15-10-5/h7-10H,2-6,11-18H2,1H3/p+1. The number of quaternary nitrogens is 1. The van der Waals surface area contributed by atoms with Crippen LogP contribution in [0.5, 0.6) is 0 Å². The topological polar surface area (TPSA) is 45.1 Å². The summed E-state index contributed by atoms with van der Waals surface area (Å²) in [4.78, 5) is 29.5. The van der Waals surface area contributed by atoms with Gasteiger partial charge in [-0.2, -0.15) is 0 Å². The maximum atomic E-state index is 12.6. The molecule has 0 atom stereocenters. The molecule has 5 nitrogen and oxygen atoms in total. The molecule has 0 rings (SSSR count). The molecule has 2 amide bonds. The Bertz CT molecular complexity index is 402. The molecule has 0 unspecified atom stereocenters. The van der Waals surface area contributed by atoms with Crippen molar-refractivity contribution in [1.29, 1.82) is 0 Å². The Morgan fingerprint density at radius 3 is 1.44 bits per heavy atom. The van der Waals surface area contributed by atoms with Crippen LogP contribution >= 0.6 is 0 Å². The minimum atomic E-state index is 0.0118. The highest BCUT2D eigenvalue weighted by atomic mass is 16.2. The third kappa shape index (κ3) is 9.67. The first-order valence-electron chi connectivity index (χ1n) is 8.86. The number of amides is 2. The van der Waals surface area contributed by atoms with Gasteiger partial charge in [0.15, 0.2) is 13.1 Å². The Balaban J connectivity index is 4.96. The molecule has 0 fully saturated rings. The van der Waals surface area contributed by atoms with E-state index in [-0.39, 0.29) is 11.8 Å². The van der Waals surface area contributed by atoms with Crippen molar-refractivity contribution in [1.82, 2.24) is 9.80 Å². The Hall–Kier alpha value is -2.14. The first-order valence-corrected chi connectivity index (χ1v) is 8.86. The van der Waals surface area contributed by atoms with Crippen LogP contribution in [-0.4, -0.2) is 67.4 Å². The highest BCUT2D eigenvalue weighted by Crippen LogP contribution is 1.92. The molecule has 0 aliphatic carbocycles. The van der Waals surface area contributed by atoms with Crippen LogP contribution < -0.4 is 4.90 Å². The number of hydrogen-bond donors (Lipinski definition) is 1. The molecule has 5 heteroatoms. The zero-order valence-electron chi connectivity index (χ0n) is 15.7. The maximum Gasteiger partial charge on any atom is 0.278 e. The van der Waals surface area contributed by atoms with Gasteiger partial charge in [0.05, 0.1) is 6.54 Å². The summed E-state index contributed by atoms with van der Waals surface area (Å²) in [5.41, 5.74) is 0. The highest BCUT2D eigenvalue weighted by molar-refractivity contribution is 5.79. The number of rotatable bonds is 15. The van der Waals surface area contributed by atoms with Crippen molar-refractivity contribution in [3.8, 4) is 0 Å². The number of nitrogens with one attached hydrogen (secondary N) is 1. The quantitative estimate of drug-likeness (QED) is 0.450. The van der Waals surface area contributed by atoms with E-state index in [0.29, 0.717) is 39.3 Å². The zero-order chi connectivity index (χ0) is 19.1. The van der Waals surface area contributed by atoms with Crippen LogP contribution in [0.1, 0.15) is 19.8 Å². The third-order valence-electron chi connectivity index (χ3n) is 3.79. The van der Waals surface area contributed by atoms with Crippen LogP contribution in [0.4, 0.5) is 0 Å². The molecule has 0 aliphatic rings. The van der Waals surface area contributed by atoms with Crippen LogP contribution in [0.25, 0.3) is 0 Å². The summed E-state index contributed by atoms with van der Waals surface area (Å²) in [6.07, 6.45) is 8.81. The molecule has 0 bridgehead atoms. The molecule has 140 valence electrons. The lowest BCUT2D eigenvalue weighted by Crippen LogP contribution is -3.14. The summed E-state index contributed by atoms with van der Waals surface area (Å²) in [6, 6.07) is 0. The van der Waals surface area contributed by atoms with Crippen LogP contribution in [-0.2, 0) is 9.59 Å². The highest BCUT2D eigenvalue weighted by Gasteiger charge is 2.23. The molecule has 0 heterocycles. The number of hydrogen-bond acceptors (Lipinski definition) is 2. The van der Waals surface area contributed by atoms with Crippen LogP contribution in [0.2, 0.25) is 0 Å². The first-order chi connectivity index (χ1) is 12.0. The third-order valence-corrected chi connectivity index (χ3v) is 3.79. The summed E-state index contributed by atoms with van der Waals surface area (Å²) < 4.78 is 0. The summed E-state index contributed by atoms with van der Waals surface area (Å²) >= 11 is 0. The van der Waals surface area contributed by atoms with Gasteiger partial charge in [-0.1, -0.05) is 37.6 Å². The summed E-state index contributed by atoms with van der Waals surface area (Å²) in [6.45, 7) is 20.2. The van der Waals surface area contributed by atoms with E-state index in [1.54, 1.807) is 34.1 Å².